The van der Waals surface area contributed by atoms with E-state index in [2.05, 4.69) is 17.3 Å². The lowest BCUT2D eigenvalue weighted by atomic mass is 10.3. The highest BCUT2D eigenvalue weighted by atomic mass is 16.3. The Labute approximate surface area is 84.7 Å². The van der Waals surface area contributed by atoms with Gasteiger partial charge in [-0.1, -0.05) is 0 Å². The second-order valence-corrected chi connectivity index (χ2v) is 3.58. The topological polar surface area (TPSA) is 55.8 Å². The highest BCUT2D eigenvalue weighted by Gasteiger charge is 2.17. The Bertz CT molecular complexity index is 179. The first kappa shape index (κ1) is 11.4. The van der Waals surface area contributed by atoms with Gasteiger partial charge in [-0.25, -0.2) is 0 Å². The third-order valence-corrected chi connectivity index (χ3v) is 2.42. The number of hydrogen-bond acceptors (Lipinski definition) is 4. The van der Waals surface area contributed by atoms with E-state index in [1.165, 1.54) is 0 Å². The van der Waals surface area contributed by atoms with Crippen molar-refractivity contribution in [1.29, 1.82) is 0 Å². The summed E-state index contributed by atoms with van der Waals surface area (Å²) in [5.74, 6) is 0.131. The molecule has 0 bridgehead atoms. The quantitative estimate of drug-likeness (QED) is 0.535. The number of aliphatic hydroxyl groups excluding tert-OH is 1. The number of rotatable bonds is 4. The van der Waals surface area contributed by atoms with Crippen molar-refractivity contribution in [1.82, 2.24) is 15.1 Å². The number of nitrogens with one attached hydrogen (secondary N) is 1. The second kappa shape index (κ2) is 5.95. The molecule has 0 spiro atoms. The van der Waals surface area contributed by atoms with Crippen molar-refractivity contribution in [2.24, 2.45) is 0 Å². The van der Waals surface area contributed by atoms with Crippen LogP contribution in [-0.4, -0.2) is 73.7 Å². The maximum atomic E-state index is 11.5. The fourth-order valence-electron chi connectivity index (χ4n) is 1.44. The van der Waals surface area contributed by atoms with Crippen LogP contribution < -0.4 is 5.32 Å². The molecular weight excluding hydrogens is 182 g/mol. The molecule has 0 unspecified atom stereocenters. The van der Waals surface area contributed by atoms with Crippen LogP contribution in [0, 0.1) is 0 Å². The van der Waals surface area contributed by atoms with Crippen LogP contribution in [0.15, 0.2) is 0 Å². The third kappa shape index (κ3) is 3.61. The van der Waals surface area contributed by atoms with Crippen molar-refractivity contribution >= 4 is 5.91 Å². The largest absolute Gasteiger partial charge is 0.395 e. The van der Waals surface area contributed by atoms with E-state index in [0.29, 0.717) is 13.1 Å². The first-order chi connectivity index (χ1) is 6.74. The highest BCUT2D eigenvalue weighted by molar-refractivity contribution is 5.78. The van der Waals surface area contributed by atoms with Gasteiger partial charge in [0.25, 0.3) is 0 Å². The van der Waals surface area contributed by atoms with Crippen LogP contribution in [-0.2, 0) is 4.79 Å². The molecule has 0 aromatic carbocycles. The van der Waals surface area contributed by atoms with E-state index in [0.717, 1.165) is 26.2 Å². The average Bonchev–Trinajstić information content (AvgIpc) is 2.19. The zero-order chi connectivity index (χ0) is 10.4. The Morgan fingerprint density at radius 3 is 2.57 bits per heavy atom. The molecule has 0 aromatic heterocycles. The molecule has 1 amide bonds. The van der Waals surface area contributed by atoms with Gasteiger partial charge in [0.15, 0.2) is 0 Å². The fourth-order valence-corrected chi connectivity index (χ4v) is 1.44. The van der Waals surface area contributed by atoms with Crippen molar-refractivity contribution < 1.29 is 9.90 Å². The molecule has 0 aliphatic carbocycles. The number of hydrogen-bond donors (Lipinski definition) is 2. The number of carbonyl (C=O) groups is 1. The van der Waals surface area contributed by atoms with E-state index >= 15 is 0 Å². The SMILES string of the molecule is CN1CCN(C(=O)CNCCO)CC1. The van der Waals surface area contributed by atoms with Crippen LogP contribution in [0.25, 0.3) is 0 Å². The summed E-state index contributed by atoms with van der Waals surface area (Å²) in [5.41, 5.74) is 0. The van der Waals surface area contributed by atoms with Crippen LogP contribution >= 0.6 is 0 Å². The van der Waals surface area contributed by atoms with Gasteiger partial charge in [-0.15, -0.1) is 0 Å². The number of carbonyl (C=O) groups excluding carboxylic acids is 1. The molecule has 5 nitrogen and oxygen atoms in total. The van der Waals surface area contributed by atoms with Crippen molar-refractivity contribution in [3.8, 4) is 0 Å². The van der Waals surface area contributed by atoms with Gasteiger partial charge < -0.3 is 20.2 Å². The van der Waals surface area contributed by atoms with Gasteiger partial charge in [0.1, 0.15) is 0 Å². The van der Waals surface area contributed by atoms with E-state index in [-0.39, 0.29) is 12.5 Å². The summed E-state index contributed by atoms with van der Waals surface area (Å²) in [6, 6.07) is 0. The number of piperazine rings is 1. The van der Waals surface area contributed by atoms with Gasteiger partial charge >= 0.3 is 0 Å². The molecule has 0 radical (unpaired) electrons. The van der Waals surface area contributed by atoms with Crippen molar-refractivity contribution in [2.75, 3.05) is 52.9 Å². The maximum absolute atomic E-state index is 11.5. The zero-order valence-corrected chi connectivity index (χ0v) is 8.70. The third-order valence-electron chi connectivity index (χ3n) is 2.42. The Morgan fingerprint density at radius 2 is 2.00 bits per heavy atom. The molecule has 0 aromatic rings. The predicted octanol–water partition coefficient (Wildman–Crippen LogP) is -1.66. The van der Waals surface area contributed by atoms with E-state index in [1.54, 1.807) is 0 Å². The molecule has 1 heterocycles. The highest BCUT2D eigenvalue weighted by Crippen LogP contribution is 1.98. The van der Waals surface area contributed by atoms with Crippen molar-refractivity contribution in [3.05, 3.63) is 0 Å². The summed E-state index contributed by atoms with van der Waals surface area (Å²) >= 11 is 0. The lowest BCUT2D eigenvalue weighted by Crippen LogP contribution is -2.49. The molecule has 2 N–H and O–H groups in total. The second-order valence-electron chi connectivity index (χ2n) is 3.58. The smallest absolute Gasteiger partial charge is 0.236 e. The van der Waals surface area contributed by atoms with E-state index in [1.807, 2.05) is 4.90 Å². The monoisotopic (exact) mass is 201 g/mol. The molecule has 1 rings (SSSR count). The number of amides is 1. The molecule has 5 heteroatoms. The molecule has 1 aliphatic rings. The van der Waals surface area contributed by atoms with Gasteiger partial charge in [-0.3, -0.25) is 4.79 Å². The summed E-state index contributed by atoms with van der Waals surface area (Å²) in [7, 11) is 2.06. The minimum absolute atomic E-state index is 0.0794. The maximum Gasteiger partial charge on any atom is 0.236 e. The average molecular weight is 201 g/mol. The summed E-state index contributed by atoms with van der Waals surface area (Å²) in [6.45, 7) is 4.43. The Balaban J connectivity index is 2.17. The van der Waals surface area contributed by atoms with E-state index < -0.39 is 0 Å². The van der Waals surface area contributed by atoms with Gasteiger partial charge in [0.05, 0.1) is 13.2 Å². The Kier molecular flexibility index (Phi) is 4.86. The Morgan fingerprint density at radius 1 is 1.36 bits per heavy atom. The summed E-state index contributed by atoms with van der Waals surface area (Å²) < 4.78 is 0. The predicted molar refractivity (Wildman–Crippen MR) is 54.0 cm³/mol. The molecule has 1 saturated heterocycles. The summed E-state index contributed by atoms with van der Waals surface area (Å²) in [4.78, 5) is 15.6. The molecule has 14 heavy (non-hydrogen) atoms. The summed E-state index contributed by atoms with van der Waals surface area (Å²) in [6.07, 6.45) is 0. The van der Waals surface area contributed by atoms with E-state index in [4.69, 9.17) is 5.11 Å². The minimum Gasteiger partial charge on any atom is -0.395 e. The first-order valence-corrected chi connectivity index (χ1v) is 5.02. The van der Waals surface area contributed by atoms with Crippen LogP contribution in [0.1, 0.15) is 0 Å². The van der Waals surface area contributed by atoms with Gasteiger partial charge in [-0.05, 0) is 7.05 Å². The number of likely N-dealkylation sites (N-methyl/N-ethyl adjacent to an activating group) is 1. The van der Waals surface area contributed by atoms with Crippen LogP contribution in [0.4, 0.5) is 0 Å². The van der Waals surface area contributed by atoms with Crippen LogP contribution in [0.3, 0.4) is 0 Å². The number of nitrogens with zero attached hydrogens (tertiary/aromatic N) is 2. The molecule has 82 valence electrons. The van der Waals surface area contributed by atoms with E-state index in [9.17, 15) is 4.79 Å². The molecule has 1 fully saturated rings. The van der Waals surface area contributed by atoms with Crippen molar-refractivity contribution in [2.45, 2.75) is 0 Å². The van der Waals surface area contributed by atoms with Gasteiger partial charge in [-0.2, -0.15) is 0 Å². The van der Waals surface area contributed by atoms with Gasteiger partial charge in [0, 0.05) is 32.7 Å². The molecular formula is C9H19N3O2. The molecule has 0 atom stereocenters. The lowest BCUT2D eigenvalue weighted by Gasteiger charge is -2.32. The molecule has 0 saturated carbocycles. The first-order valence-electron chi connectivity index (χ1n) is 5.02. The normalized spacial score (nSPS) is 18.6. The van der Waals surface area contributed by atoms with Crippen LogP contribution in [0.5, 0.6) is 0 Å². The van der Waals surface area contributed by atoms with Crippen LogP contribution in [0.2, 0.25) is 0 Å². The number of aliphatic hydroxyl groups is 1. The zero-order valence-electron chi connectivity index (χ0n) is 8.70. The fraction of sp³-hybridized carbons (Fsp3) is 0.889. The Hall–Kier alpha value is -0.650. The van der Waals surface area contributed by atoms with Gasteiger partial charge in [0.2, 0.25) is 5.91 Å². The molecule has 1 aliphatic heterocycles. The van der Waals surface area contributed by atoms with Crippen molar-refractivity contribution in [3.63, 3.8) is 0 Å². The summed E-state index contributed by atoms with van der Waals surface area (Å²) in [5, 5.41) is 11.4. The lowest BCUT2D eigenvalue weighted by molar-refractivity contribution is -0.131. The minimum atomic E-state index is 0.0794. The standard InChI is InChI=1S/C9H19N3O2/c1-11-3-5-12(6-4-11)9(14)8-10-2-7-13/h10,13H,2-8H2,1H3.